The van der Waals surface area contributed by atoms with E-state index in [-0.39, 0.29) is 5.54 Å². The minimum absolute atomic E-state index is 0.248. The fourth-order valence-corrected chi connectivity index (χ4v) is 2.28. The molecule has 92 valence electrons. The van der Waals surface area contributed by atoms with E-state index in [1.807, 2.05) is 19.2 Å². The molecule has 4 nitrogen and oxygen atoms in total. The lowest BCUT2D eigenvalue weighted by atomic mass is 10.1. The molecule has 2 rings (SSSR count). The number of furan rings is 1. The van der Waals surface area contributed by atoms with Gasteiger partial charge in [0.25, 0.3) is 0 Å². The highest BCUT2D eigenvalue weighted by molar-refractivity contribution is 7.09. The highest BCUT2D eigenvalue weighted by atomic mass is 32.1. The minimum Gasteiger partial charge on any atom is -0.467 e. The largest absolute Gasteiger partial charge is 0.467 e. The van der Waals surface area contributed by atoms with E-state index in [0.717, 1.165) is 5.01 Å². The second-order valence-electron chi connectivity index (χ2n) is 4.37. The van der Waals surface area contributed by atoms with Gasteiger partial charge in [-0.05, 0) is 26.0 Å². The van der Waals surface area contributed by atoms with Crippen LogP contribution in [0.2, 0.25) is 0 Å². The summed E-state index contributed by atoms with van der Waals surface area (Å²) in [6.45, 7) is 4.52. The van der Waals surface area contributed by atoms with Crippen molar-refractivity contribution in [1.29, 1.82) is 0 Å². The summed E-state index contributed by atoms with van der Waals surface area (Å²) in [6, 6.07) is 3.53. The number of hydrogen-bond donors (Lipinski definition) is 2. The van der Waals surface area contributed by atoms with Crippen molar-refractivity contribution in [3.05, 3.63) is 40.7 Å². The molecule has 0 amide bonds. The van der Waals surface area contributed by atoms with E-state index in [1.54, 1.807) is 35.9 Å². The molecule has 1 atom stereocenters. The lowest BCUT2D eigenvalue weighted by Gasteiger charge is -2.25. The SMILES string of the molecule is CC(C)(NCC(O)c1ccco1)c1nccs1. The van der Waals surface area contributed by atoms with Crippen molar-refractivity contribution in [3.8, 4) is 0 Å². The normalized spacial score (nSPS) is 13.8. The Hall–Kier alpha value is -1.17. The van der Waals surface area contributed by atoms with Crippen molar-refractivity contribution in [3.63, 3.8) is 0 Å². The second kappa shape index (κ2) is 5.00. The van der Waals surface area contributed by atoms with Gasteiger partial charge in [-0.2, -0.15) is 0 Å². The Morgan fingerprint density at radius 3 is 3.00 bits per heavy atom. The van der Waals surface area contributed by atoms with E-state index >= 15 is 0 Å². The van der Waals surface area contributed by atoms with Crippen molar-refractivity contribution in [2.24, 2.45) is 0 Å². The summed E-state index contributed by atoms with van der Waals surface area (Å²) in [4.78, 5) is 4.28. The number of nitrogens with one attached hydrogen (secondary N) is 1. The molecular formula is C12H16N2O2S. The van der Waals surface area contributed by atoms with Crippen molar-refractivity contribution < 1.29 is 9.52 Å². The molecule has 0 spiro atoms. The van der Waals surface area contributed by atoms with Gasteiger partial charge < -0.3 is 14.8 Å². The zero-order chi connectivity index (χ0) is 12.3. The molecule has 5 heteroatoms. The quantitative estimate of drug-likeness (QED) is 0.857. The van der Waals surface area contributed by atoms with Gasteiger partial charge in [0.1, 0.15) is 16.9 Å². The van der Waals surface area contributed by atoms with Gasteiger partial charge in [0, 0.05) is 18.1 Å². The maximum absolute atomic E-state index is 9.90. The number of thiazole rings is 1. The second-order valence-corrected chi connectivity index (χ2v) is 5.27. The fourth-order valence-electron chi connectivity index (χ4n) is 1.54. The Bertz CT molecular complexity index is 437. The van der Waals surface area contributed by atoms with E-state index < -0.39 is 6.10 Å². The van der Waals surface area contributed by atoms with Gasteiger partial charge in [-0.25, -0.2) is 4.98 Å². The number of aliphatic hydroxyl groups excluding tert-OH is 1. The van der Waals surface area contributed by atoms with Crippen LogP contribution in [0.4, 0.5) is 0 Å². The van der Waals surface area contributed by atoms with Crippen LogP contribution in [0.25, 0.3) is 0 Å². The molecule has 0 aliphatic rings. The van der Waals surface area contributed by atoms with Crippen molar-refractivity contribution in [2.45, 2.75) is 25.5 Å². The number of hydrogen-bond acceptors (Lipinski definition) is 5. The van der Waals surface area contributed by atoms with Gasteiger partial charge in [-0.3, -0.25) is 0 Å². The van der Waals surface area contributed by atoms with Crippen LogP contribution >= 0.6 is 11.3 Å². The molecule has 2 N–H and O–H groups in total. The molecule has 17 heavy (non-hydrogen) atoms. The number of aromatic nitrogens is 1. The molecular weight excluding hydrogens is 236 g/mol. The summed E-state index contributed by atoms with van der Waals surface area (Å²) >= 11 is 1.60. The molecule has 0 aromatic carbocycles. The highest BCUT2D eigenvalue weighted by Gasteiger charge is 2.24. The van der Waals surface area contributed by atoms with Gasteiger partial charge in [0.2, 0.25) is 0 Å². The van der Waals surface area contributed by atoms with Crippen molar-refractivity contribution in [2.75, 3.05) is 6.54 Å². The Kier molecular flexibility index (Phi) is 3.61. The van der Waals surface area contributed by atoms with E-state index in [0.29, 0.717) is 12.3 Å². The van der Waals surface area contributed by atoms with Crippen molar-refractivity contribution >= 4 is 11.3 Å². The summed E-state index contributed by atoms with van der Waals surface area (Å²) in [7, 11) is 0. The van der Waals surface area contributed by atoms with Crippen LogP contribution in [-0.2, 0) is 5.54 Å². The smallest absolute Gasteiger partial charge is 0.133 e. The van der Waals surface area contributed by atoms with Crippen molar-refractivity contribution in [1.82, 2.24) is 10.3 Å². The minimum atomic E-state index is -0.635. The van der Waals surface area contributed by atoms with Gasteiger partial charge in [-0.15, -0.1) is 11.3 Å². The predicted octanol–water partition coefficient (Wildman–Crippen LogP) is 2.29. The van der Waals surface area contributed by atoms with Gasteiger partial charge in [0.05, 0.1) is 11.8 Å². The zero-order valence-corrected chi connectivity index (χ0v) is 10.7. The highest BCUT2D eigenvalue weighted by Crippen LogP contribution is 2.23. The Labute approximate surface area is 104 Å². The summed E-state index contributed by atoms with van der Waals surface area (Å²) < 4.78 is 5.15. The standard InChI is InChI=1S/C12H16N2O2S/c1-12(2,11-13-5-7-17-11)14-8-9(15)10-4-3-6-16-10/h3-7,9,14-15H,8H2,1-2H3. The number of aliphatic hydroxyl groups is 1. The van der Waals surface area contributed by atoms with Gasteiger partial charge >= 0.3 is 0 Å². The maximum Gasteiger partial charge on any atom is 0.133 e. The monoisotopic (exact) mass is 252 g/mol. The first-order chi connectivity index (χ1) is 8.09. The molecule has 0 aliphatic carbocycles. The average molecular weight is 252 g/mol. The Morgan fingerprint density at radius 1 is 1.59 bits per heavy atom. The fraction of sp³-hybridized carbons (Fsp3) is 0.417. The van der Waals surface area contributed by atoms with E-state index in [9.17, 15) is 5.11 Å². The Morgan fingerprint density at radius 2 is 2.41 bits per heavy atom. The van der Waals surface area contributed by atoms with Crippen LogP contribution in [-0.4, -0.2) is 16.6 Å². The topological polar surface area (TPSA) is 58.3 Å². The molecule has 0 aliphatic heterocycles. The predicted molar refractivity (Wildman–Crippen MR) is 66.8 cm³/mol. The Balaban J connectivity index is 1.94. The number of rotatable bonds is 5. The third-order valence-corrected chi connectivity index (χ3v) is 3.67. The van der Waals surface area contributed by atoms with Crippen LogP contribution in [0.15, 0.2) is 34.4 Å². The summed E-state index contributed by atoms with van der Waals surface area (Å²) in [5.74, 6) is 0.576. The number of nitrogens with zero attached hydrogens (tertiary/aromatic N) is 1. The van der Waals surface area contributed by atoms with Gasteiger partial charge in [-0.1, -0.05) is 0 Å². The summed E-state index contributed by atoms with van der Waals surface area (Å²) in [5, 5.41) is 16.1. The molecule has 0 bridgehead atoms. The molecule has 2 heterocycles. The molecule has 0 fully saturated rings. The molecule has 2 aromatic rings. The van der Waals surface area contributed by atoms with Crippen LogP contribution < -0.4 is 5.32 Å². The maximum atomic E-state index is 9.90. The summed E-state index contributed by atoms with van der Waals surface area (Å²) in [5.41, 5.74) is -0.248. The molecule has 0 saturated carbocycles. The van der Waals surface area contributed by atoms with Crippen LogP contribution in [0, 0.1) is 0 Å². The molecule has 0 saturated heterocycles. The van der Waals surface area contributed by atoms with E-state index in [2.05, 4.69) is 10.3 Å². The van der Waals surface area contributed by atoms with E-state index in [1.165, 1.54) is 0 Å². The van der Waals surface area contributed by atoms with E-state index in [4.69, 9.17) is 4.42 Å². The first-order valence-electron chi connectivity index (χ1n) is 5.46. The average Bonchev–Trinajstić information content (AvgIpc) is 2.97. The van der Waals surface area contributed by atoms with Crippen LogP contribution in [0.1, 0.15) is 30.7 Å². The van der Waals surface area contributed by atoms with Crippen LogP contribution in [0.5, 0.6) is 0 Å². The zero-order valence-electron chi connectivity index (χ0n) is 9.88. The lowest BCUT2D eigenvalue weighted by molar-refractivity contribution is 0.136. The van der Waals surface area contributed by atoms with Crippen LogP contribution in [0.3, 0.4) is 0 Å². The van der Waals surface area contributed by atoms with Gasteiger partial charge in [0.15, 0.2) is 0 Å². The molecule has 0 radical (unpaired) electrons. The molecule has 1 unspecified atom stereocenters. The lowest BCUT2D eigenvalue weighted by Crippen LogP contribution is -2.39. The third-order valence-electron chi connectivity index (χ3n) is 2.58. The first kappa shape index (κ1) is 12.3. The first-order valence-corrected chi connectivity index (χ1v) is 6.34. The third kappa shape index (κ3) is 2.94. The molecule has 2 aromatic heterocycles. The summed E-state index contributed by atoms with van der Waals surface area (Å²) in [6.07, 6.45) is 2.71.